The number of carbonyl (C=O) groups is 1. The molecular weight excluding hydrogens is 250 g/mol. The minimum atomic E-state index is 0.375. The maximum absolute atomic E-state index is 12.4. The van der Waals surface area contributed by atoms with Crippen LogP contribution in [0.1, 0.15) is 65.2 Å². The van der Waals surface area contributed by atoms with Gasteiger partial charge in [-0.25, -0.2) is 0 Å². The van der Waals surface area contributed by atoms with Crippen molar-refractivity contribution in [3.05, 3.63) is 0 Å². The normalized spacial score (nSPS) is 26.5. The second-order valence-corrected chi connectivity index (χ2v) is 6.71. The minimum absolute atomic E-state index is 0.375. The molecule has 2 aliphatic rings. The Morgan fingerprint density at radius 2 is 2.05 bits per heavy atom. The highest BCUT2D eigenvalue weighted by Crippen LogP contribution is 2.38. The van der Waals surface area contributed by atoms with E-state index in [4.69, 9.17) is 4.74 Å². The number of ether oxygens (including phenoxy) is 1. The van der Waals surface area contributed by atoms with Crippen LogP contribution in [-0.2, 0) is 9.53 Å². The maximum Gasteiger partial charge on any atom is 0.222 e. The summed E-state index contributed by atoms with van der Waals surface area (Å²) in [4.78, 5) is 14.5. The van der Waals surface area contributed by atoms with Crippen LogP contribution >= 0.6 is 0 Å². The van der Waals surface area contributed by atoms with Crippen molar-refractivity contribution < 1.29 is 9.53 Å². The van der Waals surface area contributed by atoms with Crippen molar-refractivity contribution in [3.63, 3.8) is 0 Å². The first-order valence-electron chi connectivity index (χ1n) is 8.54. The van der Waals surface area contributed by atoms with Crippen molar-refractivity contribution in [1.82, 2.24) is 4.90 Å². The molecule has 2 aliphatic heterocycles. The first-order valence-corrected chi connectivity index (χ1v) is 8.54. The molecule has 0 aromatic carbocycles. The molecule has 1 amide bonds. The highest BCUT2D eigenvalue weighted by Gasteiger charge is 2.30. The zero-order chi connectivity index (χ0) is 14.4. The Hall–Kier alpha value is -0.570. The zero-order valence-corrected chi connectivity index (χ0v) is 13.3. The van der Waals surface area contributed by atoms with E-state index in [1.54, 1.807) is 0 Å². The van der Waals surface area contributed by atoms with Gasteiger partial charge in [-0.05, 0) is 43.4 Å². The molecule has 0 spiro atoms. The van der Waals surface area contributed by atoms with Gasteiger partial charge < -0.3 is 9.64 Å². The molecule has 2 rings (SSSR count). The number of rotatable bonds is 5. The number of carbonyl (C=O) groups excluding carboxylic acids is 1. The molecule has 0 N–H and O–H groups in total. The lowest BCUT2D eigenvalue weighted by Crippen LogP contribution is -2.33. The fraction of sp³-hybridized carbons (Fsp3) is 0.941. The Kier molecular flexibility index (Phi) is 5.88. The van der Waals surface area contributed by atoms with Crippen molar-refractivity contribution >= 4 is 5.91 Å². The molecule has 0 unspecified atom stereocenters. The molecule has 0 aromatic heterocycles. The quantitative estimate of drug-likeness (QED) is 0.770. The fourth-order valence-electron chi connectivity index (χ4n) is 3.76. The Balaban J connectivity index is 1.78. The van der Waals surface area contributed by atoms with E-state index in [1.807, 2.05) is 0 Å². The summed E-state index contributed by atoms with van der Waals surface area (Å²) in [6.07, 6.45) is 9.05. The van der Waals surface area contributed by atoms with Crippen LogP contribution in [0.5, 0.6) is 0 Å². The Bertz CT molecular complexity index is 306. The van der Waals surface area contributed by atoms with Gasteiger partial charge in [-0.2, -0.15) is 0 Å². The molecule has 116 valence electrons. The van der Waals surface area contributed by atoms with Gasteiger partial charge in [0.25, 0.3) is 0 Å². The first kappa shape index (κ1) is 15.8. The average Bonchev–Trinajstić information content (AvgIpc) is 2.90. The van der Waals surface area contributed by atoms with E-state index in [-0.39, 0.29) is 0 Å². The Morgan fingerprint density at radius 1 is 1.25 bits per heavy atom. The van der Waals surface area contributed by atoms with Gasteiger partial charge in [0.1, 0.15) is 0 Å². The van der Waals surface area contributed by atoms with Crippen LogP contribution < -0.4 is 0 Å². The Labute approximate surface area is 124 Å². The molecule has 0 saturated carbocycles. The molecule has 0 bridgehead atoms. The summed E-state index contributed by atoms with van der Waals surface area (Å²) >= 11 is 0. The SMILES string of the molecule is CCC1(CC)CCCN(C(=O)CC[C@H]2CCOC2)CC1. The van der Waals surface area contributed by atoms with E-state index in [0.29, 0.717) is 17.2 Å². The number of hydrogen-bond acceptors (Lipinski definition) is 2. The van der Waals surface area contributed by atoms with Crippen LogP contribution in [0.25, 0.3) is 0 Å². The largest absolute Gasteiger partial charge is 0.381 e. The van der Waals surface area contributed by atoms with Gasteiger partial charge in [0.2, 0.25) is 5.91 Å². The highest BCUT2D eigenvalue weighted by atomic mass is 16.5. The third-order valence-corrected chi connectivity index (χ3v) is 5.69. The monoisotopic (exact) mass is 281 g/mol. The smallest absolute Gasteiger partial charge is 0.222 e. The Morgan fingerprint density at radius 3 is 2.70 bits per heavy atom. The highest BCUT2D eigenvalue weighted by molar-refractivity contribution is 5.76. The van der Waals surface area contributed by atoms with Crippen LogP contribution in [0, 0.1) is 11.3 Å². The number of likely N-dealkylation sites (tertiary alicyclic amines) is 1. The van der Waals surface area contributed by atoms with Crippen LogP contribution in [-0.4, -0.2) is 37.1 Å². The fourth-order valence-corrected chi connectivity index (χ4v) is 3.76. The van der Waals surface area contributed by atoms with Gasteiger partial charge in [0, 0.05) is 32.7 Å². The van der Waals surface area contributed by atoms with E-state index in [0.717, 1.165) is 45.6 Å². The van der Waals surface area contributed by atoms with Crippen molar-refractivity contribution in [3.8, 4) is 0 Å². The molecular formula is C17H31NO2. The van der Waals surface area contributed by atoms with Crippen molar-refractivity contribution in [2.75, 3.05) is 26.3 Å². The van der Waals surface area contributed by atoms with E-state index < -0.39 is 0 Å². The van der Waals surface area contributed by atoms with Crippen LogP contribution in [0.3, 0.4) is 0 Å². The third-order valence-electron chi connectivity index (χ3n) is 5.69. The first-order chi connectivity index (χ1) is 9.69. The molecule has 2 heterocycles. The minimum Gasteiger partial charge on any atom is -0.381 e. The third kappa shape index (κ3) is 3.97. The topological polar surface area (TPSA) is 29.5 Å². The molecule has 0 aliphatic carbocycles. The van der Waals surface area contributed by atoms with E-state index in [9.17, 15) is 4.79 Å². The van der Waals surface area contributed by atoms with Gasteiger partial charge in [-0.3, -0.25) is 4.79 Å². The van der Waals surface area contributed by atoms with E-state index in [2.05, 4.69) is 18.7 Å². The molecule has 2 saturated heterocycles. The summed E-state index contributed by atoms with van der Waals surface area (Å²) in [7, 11) is 0. The lowest BCUT2D eigenvalue weighted by Gasteiger charge is -2.30. The lowest BCUT2D eigenvalue weighted by atomic mass is 9.76. The second kappa shape index (κ2) is 7.44. The zero-order valence-electron chi connectivity index (χ0n) is 13.3. The van der Waals surface area contributed by atoms with Crippen LogP contribution in [0.2, 0.25) is 0 Å². The predicted molar refractivity (Wildman–Crippen MR) is 81.6 cm³/mol. The van der Waals surface area contributed by atoms with Gasteiger partial charge in [-0.15, -0.1) is 0 Å². The molecule has 20 heavy (non-hydrogen) atoms. The molecule has 3 heteroatoms. The average molecular weight is 281 g/mol. The van der Waals surface area contributed by atoms with Gasteiger partial charge in [0.15, 0.2) is 0 Å². The van der Waals surface area contributed by atoms with Crippen molar-refractivity contribution in [1.29, 1.82) is 0 Å². The molecule has 0 radical (unpaired) electrons. The van der Waals surface area contributed by atoms with E-state index in [1.165, 1.54) is 32.1 Å². The molecule has 0 aromatic rings. The van der Waals surface area contributed by atoms with Gasteiger partial charge in [-0.1, -0.05) is 26.7 Å². The standard InChI is InChI=1S/C17H31NO2/c1-3-17(4-2)9-5-11-18(12-10-17)16(19)7-6-15-8-13-20-14-15/h15H,3-14H2,1-2H3/t15-/m0/s1. The van der Waals surface area contributed by atoms with Crippen molar-refractivity contribution in [2.45, 2.75) is 65.2 Å². The summed E-state index contributed by atoms with van der Waals surface area (Å²) < 4.78 is 5.39. The molecule has 2 fully saturated rings. The number of nitrogens with zero attached hydrogens (tertiary/aromatic N) is 1. The predicted octanol–water partition coefficient (Wildman–Crippen LogP) is 3.62. The van der Waals surface area contributed by atoms with E-state index >= 15 is 0 Å². The van der Waals surface area contributed by atoms with Crippen LogP contribution in [0.15, 0.2) is 0 Å². The molecule has 3 nitrogen and oxygen atoms in total. The maximum atomic E-state index is 12.4. The lowest BCUT2D eigenvalue weighted by molar-refractivity contribution is -0.131. The number of hydrogen-bond donors (Lipinski definition) is 0. The summed E-state index contributed by atoms with van der Waals surface area (Å²) in [5, 5.41) is 0. The van der Waals surface area contributed by atoms with Crippen molar-refractivity contribution in [2.24, 2.45) is 11.3 Å². The summed E-state index contributed by atoms with van der Waals surface area (Å²) in [5.74, 6) is 0.996. The summed E-state index contributed by atoms with van der Waals surface area (Å²) in [6.45, 7) is 8.31. The summed E-state index contributed by atoms with van der Waals surface area (Å²) in [6, 6.07) is 0. The van der Waals surface area contributed by atoms with Gasteiger partial charge >= 0.3 is 0 Å². The summed E-state index contributed by atoms with van der Waals surface area (Å²) in [5.41, 5.74) is 0.494. The molecule has 1 atom stereocenters. The van der Waals surface area contributed by atoms with Gasteiger partial charge in [0.05, 0.1) is 0 Å². The number of amides is 1. The second-order valence-electron chi connectivity index (χ2n) is 6.71. The van der Waals surface area contributed by atoms with Crippen LogP contribution in [0.4, 0.5) is 0 Å².